The van der Waals surface area contributed by atoms with Crippen LogP contribution in [0.1, 0.15) is 16.8 Å². The van der Waals surface area contributed by atoms with E-state index in [1.54, 1.807) is 0 Å². The van der Waals surface area contributed by atoms with Crippen LogP contribution in [-0.4, -0.2) is 39.0 Å². The van der Waals surface area contributed by atoms with E-state index in [0.29, 0.717) is 0 Å². The van der Waals surface area contributed by atoms with Crippen LogP contribution < -0.4 is 5.14 Å². The molecular weight excluding hydrogens is 377 g/mol. The second-order valence-electron chi connectivity index (χ2n) is 4.28. The summed E-state index contributed by atoms with van der Waals surface area (Å²) >= 11 is 2.98. The summed E-state index contributed by atoms with van der Waals surface area (Å²) < 4.78 is 59.2. The largest absolute Gasteiger partial charge is 0.390 e. The summed E-state index contributed by atoms with van der Waals surface area (Å²) in [6.45, 7) is -0.525. The Morgan fingerprint density at radius 2 is 1.95 bits per heavy atom. The first-order valence-corrected chi connectivity index (χ1v) is 7.90. The monoisotopic (exact) mass is 388 g/mol. The zero-order chi connectivity index (χ0) is 16.4. The summed E-state index contributed by atoms with van der Waals surface area (Å²) in [6, 6.07) is 3.61. The molecule has 1 aromatic rings. The Hall–Kier alpha value is -1.13. The maximum Gasteiger partial charge on any atom is 0.390 e. The van der Waals surface area contributed by atoms with Crippen molar-refractivity contribution < 1.29 is 26.4 Å². The lowest BCUT2D eigenvalue weighted by Gasteiger charge is -2.18. The Morgan fingerprint density at radius 3 is 2.43 bits per heavy atom. The molecular formula is C11H12BrF3N2O3S. The Morgan fingerprint density at radius 1 is 1.38 bits per heavy atom. The molecule has 0 aromatic heterocycles. The molecule has 1 rings (SSSR count). The zero-order valence-electron chi connectivity index (χ0n) is 10.8. The number of sulfonamides is 1. The Balaban J connectivity index is 2.98. The van der Waals surface area contributed by atoms with Crippen molar-refractivity contribution in [1.82, 2.24) is 4.90 Å². The van der Waals surface area contributed by atoms with E-state index in [4.69, 9.17) is 5.14 Å². The fourth-order valence-electron chi connectivity index (χ4n) is 1.47. The molecule has 0 unspecified atom stereocenters. The molecule has 1 aromatic carbocycles. The minimum Gasteiger partial charge on any atom is -0.341 e. The number of benzene rings is 1. The predicted octanol–water partition coefficient (Wildman–Crippen LogP) is 2.12. The van der Waals surface area contributed by atoms with Crippen molar-refractivity contribution in [2.24, 2.45) is 5.14 Å². The van der Waals surface area contributed by atoms with Crippen LogP contribution in [0.15, 0.2) is 27.6 Å². The molecule has 21 heavy (non-hydrogen) atoms. The molecule has 10 heteroatoms. The van der Waals surface area contributed by atoms with Gasteiger partial charge in [0.2, 0.25) is 10.0 Å². The van der Waals surface area contributed by atoms with Gasteiger partial charge in [-0.05, 0) is 34.1 Å². The van der Waals surface area contributed by atoms with Crippen molar-refractivity contribution in [3.8, 4) is 0 Å². The highest BCUT2D eigenvalue weighted by atomic mass is 79.9. The van der Waals surface area contributed by atoms with Gasteiger partial charge in [-0.1, -0.05) is 0 Å². The average Bonchev–Trinajstić information content (AvgIpc) is 2.33. The van der Waals surface area contributed by atoms with Crippen LogP contribution in [0.3, 0.4) is 0 Å². The van der Waals surface area contributed by atoms with Crippen LogP contribution >= 0.6 is 15.9 Å². The Kier molecular flexibility index (Phi) is 5.40. The fourth-order valence-corrected chi connectivity index (χ4v) is 3.03. The Labute approximate surface area is 128 Å². The van der Waals surface area contributed by atoms with Gasteiger partial charge in [-0.15, -0.1) is 0 Å². The molecule has 0 aliphatic carbocycles. The normalized spacial score (nSPS) is 12.3. The lowest BCUT2D eigenvalue weighted by molar-refractivity contribution is -0.136. The molecule has 0 saturated heterocycles. The van der Waals surface area contributed by atoms with E-state index in [1.807, 2.05) is 0 Å². The number of hydrogen-bond donors (Lipinski definition) is 1. The number of amides is 1. The van der Waals surface area contributed by atoms with Gasteiger partial charge in [0.25, 0.3) is 5.91 Å². The van der Waals surface area contributed by atoms with Gasteiger partial charge < -0.3 is 4.90 Å². The van der Waals surface area contributed by atoms with Crippen LogP contribution in [0.5, 0.6) is 0 Å². The molecule has 0 radical (unpaired) electrons. The summed E-state index contributed by atoms with van der Waals surface area (Å²) in [4.78, 5) is 12.5. The van der Waals surface area contributed by atoms with Crippen molar-refractivity contribution in [2.45, 2.75) is 17.5 Å². The third-order valence-corrected chi connectivity index (χ3v) is 4.47. The number of alkyl halides is 3. The number of hydrogen-bond acceptors (Lipinski definition) is 3. The highest BCUT2D eigenvalue weighted by molar-refractivity contribution is 9.10. The van der Waals surface area contributed by atoms with Gasteiger partial charge >= 0.3 is 6.18 Å². The van der Waals surface area contributed by atoms with Crippen molar-refractivity contribution in [1.29, 1.82) is 0 Å². The number of halogens is 4. The van der Waals surface area contributed by atoms with Crippen LogP contribution in [0.25, 0.3) is 0 Å². The van der Waals surface area contributed by atoms with Crippen LogP contribution in [0.2, 0.25) is 0 Å². The lowest BCUT2D eigenvalue weighted by atomic mass is 10.2. The molecule has 0 bridgehead atoms. The molecule has 2 N–H and O–H groups in total. The van der Waals surface area contributed by atoms with Gasteiger partial charge in [-0.2, -0.15) is 13.2 Å². The number of carbonyl (C=O) groups excluding carboxylic acids is 1. The second-order valence-corrected chi connectivity index (χ2v) is 6.67. The molecule has 0 spiro atoms. The van der Waals surface area contributed by atoms with Crippen LogP contribution in [0, 0.1) is 0 Å². The lowest BCUT2D eigenvalue weighted by Crippen LogP contribution is -2.30. The standard InChI is InChI=1S/C11H12BrF3N2O3S/c1-17(5-4-11(13,14)15)10(18)7-2-3-8(12)9(6-7)21(16,19)20/h2-3,6H,4-5H2,1H3,(H2,16,19,20). The summed E-state index contributed by atoms with van der Waals surface area (Å²) in [5.74, 6) is -0.725. The molecule has 0 saturated carbocycles. The molecule has 0 aliphatic heterocycles. The number of primary sulfonamides is 1. The van der Waals surface area contributed by atoms with Gasteiger partial charge in [-0.3, -0.25) is 4.79 Å². The first kappa shape index (κ1) is 17.9. The summed E-state index contributed by atoms with van der Waals surface area (Å²) in [6.07, 6.45) is -5.52. The van der Waals surface area contributed by atoms with Crippen LogP contribution in [0.4, 0.5) is 13.2 Å². The molecule has 5 nitrogen and oxygen atoms in total. The maximum absolute atomic E-state index is 12.1. The molecule has 0 heterocycles. The SMILES string of the molecule is CN(CCC(F)(F)F)C(=O)c1ccc(Br)c(S(N)(=O)=O)c1. The summed E-state index contributed by atoms with van der Waals surface area (Å²) in [7, 11) is -2.85. The average molecular weight is 389 g/mol. The molecule has 1 amide bonds. The van der Waals surface area contributed by atoms with Gasteiger partial charge in [0.1, 0.15) is 0 Å². The first-order chi connectivity index (χ1) is 9.42. The van der Waals surface area contributed by atoms with Gasteiger partial charge in [0.05, 0.1) is 11.3 Å². The second kappa shape index (κ2) is 6.32. The van der Waals surface area contributed by atoms with Gasteiger partial charge in [0, 0.05) is 23.6 Å². The number of carbonyl (C=O) groups is 1. The van der Waals surface area contributed by atoms with Gasteiger partial charge in [-0.25, -0.2) is 13.6 Å². The van der Waals surface area contributed by atoms with Crippen LogP contribution in [-0.2, 0) is 10.0 Å². The Bertz CT molecular complexity index is 647. The van der Waals surface area contributed by atoms with E-state index >= 15 is 0 Å². The predicted molar refractivity (Wildman–Crippen MR) is 73.1 cm³/mol. The summed E-state index contributed by atoms with van der Waals surface area (Å²) in [5, 5.41) is 4.99. The van der Waals surface area contributed by atoms with E-state index in [1.165, 1.54) is 19.2 Å². The molecule has 118 valence electrons. The molecule has 0 atom stereocenters. The van der Waals surface area contributed by atoms with Crippen molar-refractivity contribution >= 4 is 31.9 Å². The van der Waals surface area contributed by atoms with E-state index in [0.717, 1.165) is 11.0 Å². The molecule has 0 aliphatic rings. The highest BCUT2D eigenvalue weighted by Crippen LogP contribution is 2.23. The summed E-state index contributed by atoms with van der Waals surface area (Å²) in [5.41, 5.74) is -0.0631. The third kappa shape index (κ3) is 5.29. The van der Waals surface area contributed by atoms with Gasteiger partial charge in [0.15, 0.2) is 0 Å². The van der Waals surface area contributed by atoms with E-state index in [-0.39, 0.29) is 14.9 Å². The maximum atomic E-state index is 12.1. The van der Waals surface area contributed by atoms with Crippen molar-refractivity contribution in [3.05, 3.63) is 28.2 Å². The first-order valence-electron chi connectivity index (χ1n) is 5.56. The number of nitrogens with zero attached hydrogens (tertiary/aromatic N) is 1. The number of rotatable bonds is 4. The third-order valence-electron chi connectivity index (χ3n) is 2.56. The van der Waals surface area contributed by atoms with E-state index in [2.05, 4.69) is 15.9 Å². The minimum atomic E-state index is -4.37. The smallest absolute Gasteiger partial charge is 0.341 e. The highest BCUT2D eigenvalue weighted by Gasteiger charge is 2.28. The fraction of sp³-hybridized carbons (Fsp3) is 0.364. The van der Waals surface area contributed by atoms with E-state index in [9.17, 15) is 26.4 Å². The number of nitrogens with two attached hydrogens (primary N) is 1. The zero-order valence-corrected chi connectivity index (χ0v) is 13.2. The minimum absolute atomic E-state index is 0.0631. The van der Waals surface area contributed by atoms with E-state index < -0.39 is 35.1 Å². The van der Waals surface area contributed by atoms with Crippen molar-refractivity contribution in [2.75, 3.05) is 13.6 Å². The molecule has 0 fully saturated rings. The quantitative estimate of drug-likeness (QED) is 0.857. The topological polar surface area (TPSA) is 80.5 Å². The van der Waals surface area contributed by atoms with Crippen molar-refractivity contribution in [3.63, 3.8) is 0 Å².